The number of carbonyl (C=O) groups is 1. The molecule has 0 radical (unpaired) electrons. The zero-order valence-corrected chi connectivity index (χ0v) is 8.28. The van der Waals surface area contributed by atoms with Crippen molar-refractivity contribution < 1.29 is 4.79 Å². The van der Waals surface area contributed by atoms with Gasteiger partial charge >= 0.3 is 0 Å². The van der Waals surface area contributed by atoms with Gasteiger partial charge in [-0.25, -0.2) is 0 Å². The van der Waals surface area contributed by atoms with Crippen molar-refractivity contribution in [2.45, 2.75) is 29.4 Å². The lowest BCUT2D eigenvalue weighted by Gasteiger charge is -1.98. The average molecular weight is 190 g/mol. The van der Waals surface area contributed by atoms with Gasteiger partial charge in [0.2, 0.25) is 0 Å². The van der Waals surface area contributed by atoms with E-state index in [1.807, 2.05) is 12.1 Å². The average Bonchev–Trinajstić information content (AvgIpc) is 2.79. The number of hydrogen-bond donors (Lipinski definition) is 0. The van der Waals surface area contributed by atoms with Gasteiger partial charge < -0.3 is 0 Å². The van der Waals surface area contributed by atoms with Crippen LogP contribution in [0.3, 0.4) is 0 Å². The van der Waals surface area contributed by atoms with Gasteiger partial charge in [-0.05, 0) is 37.5 Å². The fourth-order valence-electron chi connectivity index (χ4n) is 1.85. The molecule has 1 aliphatic heterocycles. The van der Waals surface area contributed by atoms with Gasteiger partial charge in [0.25, 0.3) is 0 Å². The van der Waals surface area contributed by atoms with E-state index in [9.17, 15) is 4.79 Å². The quantitative estimate of drug-likeness (QED) is 0.625. The Morgan fingerprint density at radius 2 is 2.15 bits per heavy atom. The molecule has 1 aromatic carbocycles. The summed E-state index contributed by atoms with van der Waals surface area (Å²) < 4.78 is -0.0177. The van der Waals surface area contributed by atoms with Crippen LogP contribution in [0.25, 0.3) is 0 Å². The molecule has 1 saturated carbocycles. The first-order chi connectivity index (χ1) is 6.21. The molecule has 0 saturated heterocycles. The van der Waals surface area contributed by atoms with Crippen molar-refractivity contribution in [3.05, 3.63) is 29.3 Å². The van der Waals surface area contributed by atoms with Gasteiger partial charge in [-0.1, -0.05) is 6.07 Å². The lowest BCUT2D eigenvalue weighted by molar-refractivity contribution is 0.0983. The minimum atomic E-state index is -0.0177. The third-order valence-electron chi connectivity index (χ3n) is 2.81. The molecule has 1 spiro atoms. The number of carbonyl (C=O) groups excluding carboxylic acids is 1. The molecule has 0 bridgehead atoms. The van der Waals surface area contributed by atoms with Gasteiger partial charge in [-0.3, -0.25) is 4.79 Å². The Bertz CT molecular complexity index is 405. The number of benzene rings is 1. The normalized spacial score (nSPS) is 22.1. The van der Waals surface area contributed by atoms with Crippen molar-refractivity contribution in [2.24, 2.45) is 0 Å². The molecule has 2 heteroatoms. The Labute approximate surface area is 81.5 Å². The number of fused-ring (bicyclic) bond motifs is 1. The standard InChI is InChI=1S/C11H10OS/c1-7-2-3-8-9(6-7)13-11(4-5-11)10(8)12/h2-3,6H,4-5H2,1H3. The van der Waals surface area contributed by atoms with Crippen LogP contribution in [0.2, 0.25) is 0 Å². The van der Waals surface area contributed by atoms with Crippen LogP contribution in [0.5, 0.6) is 0 Å². The Kier molecular flexibility index (Phi) is 1.28. The van der Waals surface area contributed by atoms with E-state index in [1.54, 1.807) is 11.8 Å². The van der Waals surface area contributed by atoms with Crippen molar-refractivity contribution in [3.63, 3.8) is 0 Å². The molecule has 1 aliphatic carbocycles. The molecule has 1 fully saturated rings. The lowest BCUT2D eigenvalue weighted by atomic mass is 10.1. The number of aryl methyl sites for hydroxylation is 1. The fraction of sp³-hybridized carbons (Fsp3) is 0.364. The van der Waals surface area contributed by atoms with E-state index in [0.29, 0.717) is 5.78 Å². The zero-order chi connectivity index (χ0) is 9.05. The summed E-state index contributed by atoms with van der Waals surface area (Å²) in [6, 6.07) is 6.14. The van der Waals surface area contributed by atoms with Crippen molar-refractivity contribution in [3.8, 4) is 0 Å². The van der Waals surface area contributed by atoms with Crippen LogP contribution in [0.4, 0.5) is 0 Å². The second-order valence-corrected chi connectivity index (χ2v) is 5.35. The molecule has 2 aliphatic rings. The van der Waals surface area contributed by atoms with Crippen LogP contribution >= 0.6 is 11.8 Å². The minimum Gasteiger partial charge on any atom is -0.293 e. The first kappa shape index (κ1) is 7.63. The van der Waals surface area contributed by atoms with E-state index in [1.165, 1.54) is 10.5 Å². The second-order valence-electron chi connectivity index (χ2n) is 3.93. The summed E-state index contributed by atoms with van der Waals surface area (Å²) in [7, 11) is 0. The van der Waals surface area contributed by atoms with E-state index < -0.39 is 0 Å². The Balaban J connectivity index is 2.17. The molecule has 0 unspecified atom stereocenters. The maximum absolute atomic E-state index is 11.9. The Morgan fingerprint density at radius 1 is 1.38 bits per heavy atom. The summed E-state index contributed by atoms with van der Waals surface area (Å²) in [5.41, 5.74) is 2.20. The van der Waals surface area contributed by atoms with Crippen LogP contribution in [-0.4, -0.2) is 10.5 Å². The van der Waals surface area contributed by atoms with E-state index in [0.717, 1.165) is 18.4 Å². The molecule has 3 rings (SSSR count). The summed E-state index contributed by atoms with van der Waals surface area (Å²) in [5.74, 6) is 0.368. The number of rotatable bonds is 0. The van der Waals surface area contributed by atoms with E-state index >= 15 is 0 Å². The van der Waals surface area contributed by atoms with E-state index in [4.69, 9.17) is 0 Å². The summed E-state index contributed by atoms with van der Waals surface area (Å²) in [4.78, 5) is 13.1. The van der Waals surface area contributed by atoms with Gasteiger partial charge in [0, 0.05) is 10.5 Å². The highest BCUT2D eigenvalue weighted by Crippen LogP contribution is 2.59. The van der Waals surface area contributed by atoms with Gasteiger partial charge in [0.1, 0.15) is 0 Å². The van der Waals surface area contributed by atoms with Crippen LogP contribution in [0.1, 0.15) is 28.8 Å². The molecule has 1 heterocycles. The molecule has 1 aromatic rings. The predicted molar refractivity (Wildman–Crippen MR) is 53.3 cm³/mol. The third-order valence-corrected chi connectivity index (χ3v) is 4.35. The lowest BCUT2D eigenvalue weighted by Crippen LogP contribution is -2.11. The highest BCUT2D eigenvalue weighted by molar-refractivity contribution is 8.02. The van der Waals surface area contributed by atoms with Crippen LogP contribution < -0.4 is 0 Å². The molecule has 0 N–H and O–H groups in total. The maximum atomic E-state index is 11.9. The first-order valence-corrected chi connectivity index (χ1v) is 5.37. The summed E-state index contributed by atoms with van der Waals surface area (Å²) in [5, 5.41) is 0. The van der Waals surface area contributed by atoms with Gasteiger partial charge in [-0.2, -0.15) is 0 Å². The maximum Gasteiger partial charge on any atom is 0.180 e. The summed E-state index contributed by atoms with van der Waals surface area (Å²) in [6.45, 7) is 2.07. The summed E-state index contributed by atoms with van der Waals surface area (Å²) >= 11 is 1.78. The minimum absolute atomic E-state index is 0.0177. The highest BCUT2D eigenvalue weighted by atomic mass is 32.2. The topological polar surface area (TPSA) is 17.1 Å². The molecule has 0 aromatic heterocycles. The van der Waals surface area contributed by atoms with Crippen molar-refractivity contribution in [1.82, 2.24) is 0 Å². The number of Topliss-reactive ketones (excluding diaryl/α,β-unsaturated/α-hetero) is 1. The largest absolute Gasteiger partial charge is 0.293 e. The molecule has 13 heavy (non-hydrogen) atoms. The van der Waals surface area contributed by atoms with Gasteiger partial charge in [0.15, 0.2) is 5.78 Å². The molecule has 1 nitrogen and oxygen atoms in total. The number of hydrogen-bond acceptors (Lipinski definition) is 2. The summed E-state index contributed by atoms with van der Waals surface area (Å²) in [6.07, 6.45) is 2.15. The first-order valence-electron chi connectivity index (χ1n) is 4.56. The predicted octanol–water partition coefficient (Wildman–Crippen LogP) is 2.82. The van der Waals surface area contributed by atoms with E-state index in [-0.39, 0.29) is 4.75 Å². The molecular weight excluding hydrogens is 180 g/mol. The van der Waals surface area contributed by atoms with Crippen LogP contribution in [-0.2, 0) is 0 Å². The van der Waals surface area contributed by atoms with Crippen molar-refractivity contribution >= 4 is 17.5 Å². The van der Waals surface area contributed by atoms with Gasteiger partial charge in [0.05, 0.1) is 4.75 Å². The molecule has 0 amide bonds. The van der Waals surface area contributed by atoms with Crippen molar-refractivity contribution in [1.29, 1.82) is 0 Å². The van der Waals surface area contributed by atoms with Crippen LogP contribution in [0.15, 0.2) is 23.1 Å². The van der Waals surface area contributed by atoms with Gasteiger partial charge in [-0.15, -0.1) is 11.8 Å². The number of thioether (sulfide) groups is 1. The fourth-order valence-corrected chi connectivity index (χ4v) is 3.29. The molecule has 0 atom stereocenters. The molecular formula is C11H10OS. The Morgan fingerprint density at radius 3 is 2.85 bits per heavy atom. The van der Waals surface area contributed by atoms with Crippen molar-refractivity contribution in [2.75, 3.05) is 0 Å². The smallest absolute Gasteiger partial charge is 0.180 e. The van der Waals surface area contributed by atoms with Crippen LogP contribution in [0, 0.1) is 6.92 Å². The molecule has 66 valence electrons. The van der Waals surface area contributed by atoms with E-state index in [2.05, 4.69) is 13.0 Å². The zero-order valence-electron chi connectivity index (χ0n) is 7.46. The second kappa shape index (κ2) is 2.18. The Hall–Kier alpha value is -0.760. The highest BCUT2D eigenvalue weighted by Gasteiger charge is 2.55. The SMILES string of the molecule is Cc1ccc2c(c1)SC1(CC1)C2=O. The monoisotopic (exact) mass is 190 g/mol. The number of ketones is 1. The third kappa shape index (κ3) is 0.923.